The number of H-pyrrole nitrogens is 1. The van der Waals surface area contributed by atoms with E-state index in [2.05, 4.69) is 23.1 Å². The van der Waals surface area contributed by atoms with E-state index in [1.54, 1.807) is 15.9 Å². The summed E-state index contributed by atoms with van der Waals surface area (Å²) in [4.78, 5) is 37.8. The van der Waals surface area contributed by atoms with Crippen LogP contribution in [0.5, 0.6) is 0 Å². The fraction of sp³-hybridized carbons (Fsp3) is 0.219. The Morgan fingerprint density at radius 2 is 1.69 bits per heavy atom. The minimum Gasteiger partial charge on any atom is -1.00 e. The van der Waals surface area contributed by atoms with Gasteiger partial charge < -0.3 is 1.43 Å². The summed E-state index contributed by atoms with van der Waals surface area (Å²) in [6.45, 7) is 4.45. The van der Waals surface area contributed by atoms with Gasteiger partial charge in [-0.1, -0.05) is 79.2 Å². The number of hydrogen-bond acceptors (Lipinski definition) is 7. The van der Waals surface area contributed by atoms with Crippen molar-refractivity contribution in [2.75, 3.05) is 0 Å². The van der Waals surface area contributed by atoms with Crippen molar-refractivity contribution in [1.29, 1.82) is 0 Å². The van der Waals surface area contributed by atoms with Gasteiger partial charge in [0.05, 0.1) is 22.5 Å². The summed E-state index contributed by atoms with van der Waals surface area (Å²) in [7, 11) is 0. The fourth-order valence-corrected chi connectivity index (χ4v) is 6.04. The first-order valence-corrected chi connectivity index (χ1v) is 14.5. The zero-order valence-corrected chi connectivity index (χ0v) is 27.8. The van der Waals surface area contributed by atoms with Crippen LogP contribution in [0.3, 0.4) is 0 Å². The molecule has 1 N–H and O–H groups in total. The Morgan fingerprint density at radius 3 is 2.40 bits per heavy atom. The number of hydrogen-bond donors (Lipinski definition) is 1. The van der Waals surface area contributed by atoms with Crippen LogP contribution in [0.15, 0.2) is 86.9 Å². The van der Waals surface area contributed by atoms with Crippen molar-refractivity contribution < 1.29 is 57.3 Å². The topological polar surface area (TPSA) is 107 Å². The molecule has 0 aliphatic heterocycles. The number of aromatic amines is 1. The molecule has 42 heavy (non-hydrogen) atoms. The molecule has 3 aromatic heterocycles. The average Bonchev–Trinajstić information content (AvgIpc) is 3.62. The zero-order chi connectivity index (χ0) is 28.3. The summed E-state index contributed by atoms with van der Waals surface area (Å²) in [6, 6.07) is 23.9. The van der Waals surface area contributed by atoms with Crippen LogP contribution in [0.4, 0.5) is 0 Å². The molecule has 0 spiro atoms. The van der Waals surface area contributed by atoms with E-state index in [4.69, 9.17) is 14.5 Å². The van der Waals surface area contributed by atoms with Gasteiger partial charge >= 0.3 is 57.1 Å². The molecule has 0 unspecified atom stereocenters. The molecule has 8 nitrogen and oxygen atoms in total. The van der Waals surface area contributed by atoms with E-state index in [1.165, 1.54) is 0 Å². The SMILES string of the molecule is CCCCc1nc(C)n(Cc2nc3ccccc3s2)c(=O)c1Cc1ccc(-c2ccccc2-c2noc(=O)[nH]2)cc1.[H-].[K+]. The molecule has 6 rings (SSSR count). The van der Waals surface area contributed by atoms with Gasteiger partial charge in [0, 0.05) is 17.5 Å². The van der Waals surface area contributed by atoms with Crippen molar-refractivity contribution in [3.63, 3.8) is 0 Å². The van der Waals surface area contributed by atoms with E-state index < -0.39 is 5.76 Å². The summed E-state index contributed by atoms with van der Waals surface area (Å²) in [5.74, 6) is 0.501. The van der Waals surface area contributed by atoms with Crippen molar-refractivity contribution in [2.24, 2.45) is 0 Å². The molecular formula is C32H30KN5O3S. The molecule has 3 heterocycles. The number of rotatable bonds is 9. The minimum atomic E-state index is -0.593. The van der Waals surface area contributed by atoms with E-state index in [0.29, 0.717) is 24.6 Å². The van der Waals surface area contributed by atoms with Crippen molar-refractivity contribution >= 4 is 21.6 Å². The first-order chi connectivity index (χ1) is 20.0. The maximum atomic E-state index is 13.9. The Bertz CT molecular complexity index is 1930. The number of nitrogens with one attached hydrogen (secondary N) is 1. The Morgan fingerprint density at radius 1 is 0.952 bits per heavy atom. The Kier molecular flexibility index (Phi) is 9.82. The summed E-state index contributed by atoms with van der Waals surface area (Å²) in [5.41, 5.74) is 6.23. The third kappa shape index (κ3) is 6.49. The number of unbranched alkanes of at least 4 members (excludes halogenated alkanes) is 1. The maximum Gasteiger partial charge on any atom is 1.00 e. The standard InChI is InChI=1S/C32H29N5O3S.K.H/c1-3-4-11-26-25(31(38)37(20(2)33-26)19-29-34-27-12-7-8-13-28(27)41-29)18-21-14-16-22(17-15-21)23-9-5-6-10-24(23)30-35-32(39)40-36-30;;/h5-10,12-17H,3-4,11,18-19H2,1-2H3,(H,35,36,39);;/q;+1;-1. The first kappa shape index (κ1) is 30.5. The summed E-state index contributed by atoms with van der Waals surface area (Å²) < 4.78 is 7.58. The first-order valence-electron chi connectivity index (χ1n) is 13.7. The van der Waals surface area contributed by atoms with E-state index in [-0.39, 0.29) is 58.4 Å². The van der Waals surface area contributed by atoms with Gasteiger partial charge in [-0.05, 0) is 48.6 Å². The molecule has 0 radical (unpaired) electrons. The van der Waals surface area contributed by atoms with Crippen LogP contribution >= 0.6 is 11.3 Å². The Balaban J connectivity index is 0.00000212. The van der Waals surface area contributed by atoms with Crippen LogP contribution in [-0.4, -0.2) is 24.7 Å². The van der Waals surface area contributed by atoms with E-state index in [0.717, 1.165) is 68.0 Å². The van der Waals surface area contributed by atoms with Crippen molar-refractivity contribution in [3.05, 3.63) is 121 Å². The van der Waals surface area contributed by atoms with Gasteiger partial charge in [-0.2, -0.15) is 0 Å². The van der Waals surface area contributed by atoms with Crippen molar-refractivity contribution in [2.45, 2.75) is 46.1 Å². The van der Waals surface area contributed by atoms with Crippen molar-refractivity contribution in [1.82, 2.24) is 24.7 Å². The van der Waals surface area contributed by atoms with E-state index in [1.807, 2.05) is 73.7 Å². The van der Waals surface area contributed by atoms with E-state index >= 15 is 0 Å². The molecule has 0 aliphatic rings. The molecule has 0 fully saturated rings. The largest absolute Gasteiger partial charge is 1.00 e. The van der Waals surface area contributed by atoms with Crippen LogP contribution < -0.4 is 62.7 Å². The second kappa shape index (κ2) is 13.5. The number of nitrogens with zero attached hydrogens (tertiary/aromatic N) is 4. The monoisotopic (exact) mass is 603 g/mol. The average molecular weight is 604 g/mol. The number of aryl methyl sites for hydroxylation is 2. The van der Waals surface area contributed by atoms with Gasteiger partial charge in [0.1, 0.15) is 10.8 Å². The van der Waals surface area contributed by atoms with Crippen molar-refractivity contribution in [3.8, 4) is 22.5 Å². The molecule has 6 aromatic rings. The minimum absolute atomic E-state index is 0. The van der Waals surface area contributed by atoms with Gasteiger partial charge in [-0.15, -0.1) is 11.3 Å². The predicted octanol–water partition coefficient (Wildman–Crippen LogP) is 3.27. The van der Waals surface area contributed by atoms with Gasteiger partial charge in [-0.3, -0.25) is 18.9 Å². The molecule has 0 aliphatic carbocycles. The van der Waals surface area contributed by atoms with E-state index in [9.17, 15) is 9.59 Å². The number of thiazole rings is 1. The van der Waals surface area contributed by atoms with Gasteiger partial charge in [0.2, 0.25) is 0 Å². The van der Waals surface area contributed by atoms with Gasteiger partial charge in [0.25, 0.3) is 5.56 Å². The Hall–Kier alpha value is -2.99. The third-order valence-electron chi connectivity index (χ3n) is 7.21. The zero-order valence-electron chi connectivity index (χ0n) is 24.9. The second-order valence-corrected chi connectivity index (χ2v) is 11.1. The molecule has 10 heteroatoms. The van der Waals surface area contributed by atoms with Crippen LogP contribution in [0, 0.1) is 6.92 Å². The van der Waals surface area contributed by atoms with Crippen LogP contribution in [0.1, 0.15) is 48.8 Å². The third-order valence-corrected chi connectivity index (χ3v) is 8.23. The van der Waals surface area contributed by atoms with Crippen LogP contribution in [-0.2, 0) is 19.4 Å². The molecule has 0 bridgehead atoms. The fourth-order valence-electron chi connectivity index (χ4n) is 5.09. The quantitative estimate of drug-likeness (QED) is 0.254. The number of para-hydroxylation sites is 1. The summed E-state index contributed by atoms with van der Waals surface area (Å²) in [6.07, 6.45) is 3.26. The normalized spacial score (nSPS) is 11.1. The molecule has 0 saturated carbocycles. The summed E-state index contributed by atoms with van der Waals surface area (Å²) in [5, 5.41) is 4.75. The second-order valence-electron chi connectivity index (χ2n) is 10.0. The molecular weight excluding hydrogens is 574 g/mol. The number of benzene rings is 3. The predicted molar refractivity (Wildman–Crippen MR) is 162 cm³/mol. The number of fused-ring (bicyclic) bond motifs is 1. The molecule has 208 valence electrons. The molecule has 3 aromatic carbocycles. The van der Waals surface area contributed by atoms with Crippen LogP contribution in [0.25, 0.3) is 32.7 Å². The maximum absolute atomic E-state index is 13.9. The molecule has 0 saturated heterocycles. The Labute approximate surface area is 290 Å². The smallest absolute Gasteiger partial charge is 1.00 e. The van der Waals surface area contributed by atoms with Gasteiger partial charge in [0.15, 0.2) is 5.82 Å². The number of aromatic nitrogens is 5. The molecule has 0 amide bonds. The molecule has 0 atom stereocenters. The van der Waals surface area contributed by atoms with Gasteiger partial charge in [-0.25, -0.2) is 14.8 Å². The summed E-state index contributed by atoms with van der Waals surface area (Å²) >= 11 is 1.61. The van der Waals surface area contributed by atoms with Crippen LogP contribution in [0.2, 0.25) is 0 Å².